The number of nitrogens with one attached hydrogen (secondary N) is 1. The summed E-state index contributed by atoms with van der Waals surface area (Å²) >= 11 is 0. The predicted octanol–water partition coefficient (Wildman–Crippen LogP) is 4.74. The van der Waals surface area contributed by atoms with Gasteiger partial charge in [-0.15, -0.1) is 0 Å². The summed E-state index contributed by atoms with van der Waals surface area (Å²) in [6.45, 7) is 3.69. The Morgan fingerprint density at radius 1 is 1.10 bits per heavy atom. The Morgan fingerprint density at radius 3 is 2.81 bits per heavy atom. The van der Waals surface area contributed by atoms with Crippen LogP contribution in [0.1, 0.15) is 30.9 Å². The first-order chi connectivity index (χ1) is 15.2. The van der Waals surface area contributed by atoms with E-state index in [1.165, 1.54) is 0 Å². The number of carbonyl (C=O) groups excluding carboxylic acids is 1. The number of hydrogen-bond donors (Lipinski definition) is 1. The largest absolute Gasteiger partial charge is 0.493 e. The van der Waals surface area contributed by atoms with E-state index in [1.807, 2.05) is 30.3 Å². The van der Waals surface area contributed by atoms with Gasteiger partial charge in [0, 0.05) is 29.5 Å². The number of ether oxygens (including phenoxy) is 2. The van der Waals surface area contributed by atoms with Gasteiger partial charge in [0.05, 0.1) is 18.9 Å². The third-order valence-corrected chi connectivity index (χ3v) is 6.99. The summed E-state index contributed by atoms with van der Waals surface area (Å²) in [6.07, 6.45) is 4.47. The lowest BCUT2D eigenvalue weighted by Gasteiger charge is -2.44. The Bertz CT molecular complexity index is 1120. The molecule has 6 heteroatoms. The summed E-state index contributed by atoms with van der Waals surface area (Å²) in [7, 11) is 0. The van der Waals surface area contributed by atoms with Crippen molar-refractivity contribution in [2.45, 2.75) is 31.4 Å². The molecule has 2 aromatic carbocycles. The predicted molar refractivity (Wildman–Crippen MR) is 117 cm³/mol. The number of alkyl carbamates (subject to hydrolysis) is 1. The molecule has 1 amide bonds. The summed E-state index contributed by atoms with van der Waals surface area (Å²) in [4.78, 5) is 15.1. The second-order valence-corrected chi connectivity index (χ2v) is 8.81. The maximum absolute atomic E-state index is 12.7. The molecule has 1 unspecified atom stereocenters. The first-order valence-corrected chi connectivity index (χ1v) is 11.2. The highest BCUT2D eigenvalue weighted by Crippen LogP contribution is 2.38. The number of fused-ring (bicyclic) bond motifs is 5. The number of furan rings is 1. The molecule has 4 aliphatic rings. The van der Waals surface area contributed by atoms with Crippen LogP contribution in [0.15, 0.2) is 53.1 Å². The van der Waals surface area contributed by atoms with Gasteiger partial charge in [-0.25, -0.2) is 4.79 Å². The minimum absolute atomic E-state index is 0.0126. The van der Waals surface area contributed by atoms with Crippen molar-refractivity contribution in [1.29, 1.82) is 0 Å². The zero-order valence-corrected chi connectivity index (χ0v) is 17.4. The van der Waals surface area contributed by atoms with E-state index >= 15 is 0 Å². The molecule has 5 heterocycles. The molecule has 31 heavy (non-hydrogen) atoms. The Labute approximate surface area is 181 Å². The van der Waals surface area contributed by atoms with Crippen molar-refractivity contribution in [3.63, 3.8) is 0 Å². The van der Waals surface area contributed by atoms with Crippen molar-refractivity contribution in [3.05, 3.63) is 54.3 Å². The van der Waals surface area contributed by atoms with Gasteiger partial charge in [0.15, 0.2) is 0 Å². The Balaban J connectivity index is 1.19. The van der Waals surface area contributed by atoms with Crippen LogP contribution in [-0.2, 0) is 4.74 Å². The van der Waals surface area contributed by atoms with Crippen LogP contribution >= 0.6 is 0 Å². The fourth-order valence-corrected chi connectivity index (χ4v) is 5.27. The van der Waals surface area contributed by atoms with Crippen LogP contribution in [0.2, 0.25) is 0 Å². The summed E-state index contributed by atoms with van der Waals surface area (Å²) in [5.41, 5.74) is 3.94. The van der Waals surface area contributed by atoms with E-state index < -0.39 is 0 Å². The van der Waals surface area contributed by atoms with E-state index in [-0.39, 0.29) is 18.2 Å². The monoisotopic (exact) mass is 418 g/mol. The SMILES string of the molecule is O=C(NC1CCOc2cc(-c3coc4ccccc34)ccc21)O[C@H]1CN2CCC1CC2. The Morgan fingerprint density at radius 2 is 1.97 bits per heavy atom. The zero-order valence-electron chi connectivity index (χ0n) is 17.4. The highest BCUT2D eigenvalue weighted by atomic mass is 16.6. The molecule has 160 valence electrons. The lowest BCUT2D eigenvalue weighted by Crippen LogP contribution is -2.52. The number of para-hydroxylation sites is 1. The van der Waals surface area contributed by atoms with Crippen LogP contribution < -0.4 is 10.1 Å². The van der Waals surface area contributed by atoms with Crippen LogP contribution in [0, 0.1) is 5.92 Å². The molecule has 3 fully saturated rings. The van der Waals surface area contributed by atoms with Gasteiger partial charge in [-0.05, 0) is 49.5 Å². The van der Waals surface area contributed by atoms with Gasteiger partial charge in [0.2, 0.25) is 0 Å². The average molecular weight is 418 g/mol. The van der Waals surface area contributed by atoms with Gasteiger partial charge in [-0.2, -0.15) is 0 Å². The van der Waals surface area contributed by atoms with E-state index in [9.17, 15) is 4.79 Å². The molecule has 1 N–H and O–H groups in total. The van der Waals surface area contributed by atoms with E-state index in [4.69, 9.17) is 13.9 Å². The van der Waals surface area contributed by atoms with Gasteiger partial charge >= 0.3 is 6.09 Å². The first-order valence-electron chi connectivity index (χ1n) is 11.2. The molecule has 3 aromatic rings. The van der Waals surface area contributed by atoms with Crippen LogP contribution in [0.4, 0.5) is 4.79 Å². The lowest BCUT2D eigenvalue weighted by atomic mass is 9.86. The number of benzene rings is 2. The number of hydrogen-bond acceptors (Lipinski definition) is 5. The van der Waals surface area contributed by atoms with Crippen LogP contribution in [-0.4, -0.2) is 43.3 Å². The van der Waals surface area contributed by atoms with Crippen molar-refractivity contribution in [2.75, 3.05) is 26.2 Å². The molecule has 2 atom stereocenters. The van der Waals surface area contributed by atoms with Gasteiger partial charge in [0.25, 0.3) is 0 Å². The maximum atomic E-state index is 12.7. The van der Waals surface area contributed by atoms with E-state index in [2.05, 4.69) is 22.3 Å². The minimum Gasteiger partial charge on any atom is -0.493 e. The molecule has 0 spiro atoms. The van der Waals surface area contributed by atoms with E-state index in [0.717, 1.165) is 72.3 Å². The smallest absolute Gasteiger partial charge is 0.407 e. The van der Waals surface area contributed by atoms with Gasteiger partial charge in [-0.3, -0.25) is 4.90 Å². The second-order valence-electron chi connectivity index (χ2n) is 8.81. The summed E-state index contributed by atoms with van der Waals surface area (Å²) in [6, 6.07) is 14.1. The average Bonchev–Trinajstić information content (AvgIpc) is 3.24. The van der Waals surface area contributed by atoms with Crippen molar-refractivity contribution >= 4 is 17.1 Å². The Kier molecular flexibility index (Phi) is 4.60. The molecule has 6 nitrogen and oxygen atoms in total. The third-order valence-electron chi connectivity index (χ3n) is 6.99. The van der Waals surface area contributed by atoms with Crippen LogP contribution in [0.25, 0.3) is 22.1 Å². The van der Waals surface area contributed by atoms with Crippen LogP contribution in [0.3, 0.4) is 0 Å². The fourth-order valence-electron chi connectivity index (χ4n) is 5.27. The number of amides is 1. The number of nitrogens with zero attached hydrogens (tertiary/aromatic N) is 1. The summed E-state index contributed by atoms with van der Waals surface area (Å²) < 4.78 is 17.5. The lowest BCUT2D eigenvalue weighted by molar-refractivity contribution is -0.0342. The van der Waals surface area contributed by atoms with Gasteiger partial charge in [0.1, 0.15) is 17.4 Å². The van der Waals surface area contributed by atoms with Gasteiger partial charge in [-0.1, -0.05) is 30.3 Å². The fraction of sp³-hybridized carbons (Fsp3) is 0.400. The third kappa shape index (κ3) is 3.45. The molecular weight excluding hydrogens is 392 g/mol. The highest BCUT2D eigenvalue weighted by molar-refractivity contribution is 5.94. The highest BCUT2D eigenvalue weighted by Gasteiger charge is 2.37. The quantitative estimate of drug-likeness (QED) is 0.665. The molecule has 0 radical (unpaired) electrons. The van der Waals surface area contributed by atoms with Crippen molar-refractivity contribution in [2.24, 2.45) is 5.92 Å². The minimum atomic E-state index is -0.318. The molecule has 4 aliphatic heterocycles. The second kappa shape index (κ2) is 7.61. The topological polar surface area (TPSA) is 63.9 Å². The first kappa shape index (κ1) is 18.8. The maximum Gasteiger partial charge on any atom is 0.407 e. The molecule has 2 bridgehead atoms. The molecule has 1 aromatic heterocycles. The molecule has 7 rings (SSSR count). The van der Waals surface area contributed by atoms with Crippen molar-refractivity contribution in [3.8, 4) is 16.9 Å². The Hall–Kier alpha value is -2.99. The molecular formula is C25H26N2O4. The van der Waals surface area contributed by atoms with E-state index in [1.54, 1.807) is 6.26 Å². The molecule has 3 saturated heterocycles. The standard InChI is InChI=1S/C25H26N2O4/c28-25(31-24-14-27-10-7-16(24)8-11-27)26-21-9-12-29-23-13-17(5-6-19(21)23)20-15-30-22-4-2-1-3-18(20)22/h1-6,13,15-16,21,24H,7-12,14H2,(H,26,28)/t21?,24-/m0/s1. The zero-order chi connectivity index (χ0) is 20.8. The summed E-state index contributed by atoms with van der Waals surface area (Å²) in [5.74, 6) is 1.31. The van der Waals surface area contributed by atoms with Crippen molar-refractivity contribution in [1.82, 2.24) is 10.2 Å². The molecule has 0 aliphatic carbocycles. The number of rotatable bonds is 3. The van der Waals surface area contributed by atoms with Crippen LogP contribution in [0.5, 0.6) is 5.75 Å². The number of piperidine rings is 3. The molecule has 0 saturated carbocycles. The van der Waals surface area contributed by atoms with E-state index in [0.29, 0.717) is 12.5 Å². The summed E-state index contributed by atoms with van der Waals surface area (Å²) in [5, 5.41) is 4.17. The van der Waals surface area contributed by atoms with Gasteiger partial charge < -0.3 is 19.2 Å². The normalized spacial score (nSPS) is 26.8. The number of carbonyl (C=O) groups is 1. The van der Waals surface area contributed by atoms with Crippen molar-refractivity contribution < 1.29 is 18.7 Å².